The van der Waals surface area contributed by atoms with E-state index in [2.05, 4.69) is 15.0 Å². The Bertz CT molecular complexity index is 1070. The monoisotopic (exact) mass is 425 g/mol. The molecule has 0 radical (unpaired) electrons. The maximum Gasteiger partial charge on any atom is 0.573 e. The maximum atomic E-state index is 13.3. The van der Waals surface area contributed by atoms with E-state index in [1.54, 1.807) is 29.1 Å². The molecule has 1 heterocycles. The Kier molecular flexibility index (Phi) is 6.02. The van der Waals surface area contributed by atoms with E-state index in [9.17, 15) is 22.4 Å². The van der Waals surface area contributed by atoms with Crippen molar-refractivity contribution in [3.05, 3.63) is 70.2 Å². The van der Waals surface area contributed by atoms with E-state index in [0.717, 1.165) is 12.1 Å². The smallest absolute Gasteiger partial charge is 0.406 e. The van der Waals surface area contributed by atoms with Crippen LogP contribution in [0, 0.1) is 5.82 Å². The number of ether oxygens (including phenoxy) is 1. The molecule has 3 aromatic rings. The van der Waals surface area contributed by atoms with Gasteiger partial charge in [-0.1, -0.05) is 6.07 Å². The molecule has 0 fully saturated rings. The summed E-state index contributed by atoms with van der Waals surface area (Å²) in [6, 6.07) is 10.7. The van der Waals surface area contributed by atoms with Crippen LogP contribution in [0.3, 0.4) is 0 Å². The lowest BCUT2D eigenvalue weighted by Crippen LogP contribution is -2.19. The Morgan fingerprint density at radius 1 is 1.21 bits per heavy atom. The SMILES string of the molecule is Cn1c(CC(=O)Nc2ccc(OC(F)(F)F)cc2)csc1=Nc1cccc(F)c1. The topological polar surface area (TPSA) is 55.6 Å². The Morgan fingerprint density at radius 2 is 1.93 bits per heavy atom. The number of rotatable bonds is 5. The molecule has 0 aliphatic carbocycles. The van der Waals surface area contributed by atoms with Crippen LogP contribution >= 0.6 is 11.3 Å². The maximum absolute atomic E-state index is 13.3. The van der Waals surface area contributed by atoms with Crippen LogP contribution in [0.25, 0.3) is 0 Å². The Balaban J connectivity index is 1.66. The van der Waals surface area contributed by atoms with Gasteiger partial charge in [0.05, 0.1) is 12.1 Å². The quantitative estimate of drug-likeness (QED) is 0.611. The molecule has 0 saturated carbocycles. The highest BCUT2D eigenvalue weighted by Gasteiger charge is 2.30. The van der Waals surface area contributed by atoms with E-state index in [1.807, 2.05) is 0 Å². The van der Waals surface area contributed by atoms with Crippen molar-refractivity contribution < 1.29 is 27.1 Å². The first-order valence-corrected chi connectivity index (χ1v) is 9.17. The second-order valence-corrected chi connectivity index (χ2v) is 6.79. The van der Waals surface area contributed by atoms with Crippen molar-refractivity contribution >= 4 is 28.6 Å². The summed E-state index contributed by atoms with van der Waals surface area (Å²) < 4.78 is 55.3. The summed E-state index contributed by atoms with van der Waals surface area (Å²) in [6.07, 6.45) is -4.74. The molecule has 2 aromatic carbocycles. The molecule has 0 aliphatic rings. The van der Waals surface area contributed by atoms with Crippen LogP contribution in [0.2, 0.25) is 0 Å². The van der Waals surface area contributed by atoms with Gasteiger partial charge in [0, 0.05) is 23.8 Å². The lowest BCUT2D eigenvalue weighted by molar-refractivity contribution is -0.274. The number of halogens is 4. The number of hydrogen-bond donors (Lipinski definition) is 1. The third kappa shape index (κ3) is 5.92. The lowest BCUT2D eigenvalue weighted by Gasteiger charge is -2.10. The number of nitrogens with one attached hydrogen (secondary N) is 1. The molecule has 0 spiro atoms. The Labute approximate surface area is 166 Å². The van der Waals surface area contributed by atoms with Crippen LogP contribution in [0.1, 0.15) is 5.69 Å². The molecule has 10 heteroatoms. The minimum absolute atomic E-state index is 0.0342. The van der Waals surface area contributed by atoms with Gasteiger partial charge in [0.25, 0.3) is 0 Å². The number of carbonyl (C=O) groups excluding carboxylic acids is 1. The van der Waals surface area contributed by atoms with Gasteiger partial charge in [-0.3, -0.25) is 4.79 Å². The van der Waals surface area contributed by atoms with Gasteiger partial charge in [-0.05, 0) is 42.5 Å². The highest BCUT2D eigenvalue weighted by molar-refractivity contribution is 7.07. The fourth-order valence-electron chi connectivity index (χ4n) is 2.43. The Hall–Kier alpha value is -3.14. The first kappa shape index (κ1) is 20.6. The number of anilines is 1. The Morgan fingerprint density at radius 3 is 2.59 bits per heavy atom. The summed E-state index contributed by atoms with van der Waals surface area (Å²) in [5, 5.41) is 4.37. The van der Waals surface area contributed by atoms with Gasteiger partial charge in [0.1, 0.15) is 11.6 Å². The molecule has 0 aliphatic heterocycles. The zero-order valence-corrected chi connectivity index (χ0v) is 15.9. The largest absolute Gasteiger partial charge is 0.573 e. The molecule has 0 bridgehead atoms. The molecule has 1 aromatic heterocycles. The van der Waals surface area contributed by atoms with Crippen molar-refractivity contribution in [3.8, 4) is 5.75 Å². The van der Waals surface area contributed by atoms with Gasteiger partial charge < -0.3 is 14.6 Å². The van der Waals surface area contributed by atoms with Crippen LogP contribution < -0.4 is 14.9 Å². The predicted molar refractivity (Wildman–Crippen MR) is 100 cm³/mol. The van der Waals surface area contributed by atoms with Crippen molar-refractivity contribution in [2.75, 3.05) is 5.32 Å². The zero-order chi connectivity index (χ0) is 21.0. The van der Waals surface area contributed by atoms with E-state index >= 15 is 0 Å². The molecule has 3 rings (SSSR count). The van der Waals surface area contributed by atoms with Crippen molar-refractivity contribution in [3.63, 3.8) is 0 Å². The summed E-state index contributed by atoms with van der Waals surface area (Å²) in [6.45, 7) is 0. The van der Waals surface area contributed by atoms with E-state index in [0.29, 0.717) is 21.9 Å². The molecule has 29 heavy (non-hydrogen) atoms. The summed E-state index contributed by atoms with van der Waals surface area (Å²) in [5.41, 5.74) is 1.48. The van der Waals surface area contributed by atoms with E-state index in [-0.39, 0.29) is 18.1 Å². The minimum atomic E-state index is -4.77. The second kappa shape index (κ2) is 8.48. The molecular weight excluding hydrogens is 410 g/mol. The normalized spacial score (nSPS) is 12.1. The van der Waals surface area contributed by atoms with E-state index < -0.39 is 12.2 Å². The second-order valence-electron chi connectivity index (χ2n) is 5.96. The molecule has 0 saturated heterocycles. The minimum Gasteiger partial charge on any atom is -0.406 e. The van der Waals surface area contributed by atoms with Crippen LogP contribution in [0.4, 0.5) is 28.9 Å². The van der Waals surface area contributed by atoms with Gasteiger partial charge in [0.2, 0.25) is 5.91 Å². The summed E-state index contributed by atoms with van der Waals surface area (Å²) in [7, 11) is 1.74. The van der Waals surface area contributed by atoms with Gasteiger partial charge in [-0.2, -0.15) is 0 Å². The third-order valence-electron chi connectivity index (χ3n) is 3.76. The van der Waals surface area contributed by atoms with Gasteiger partial charge in [0.15, 0.2) is 4.80 Å². The van der Waals surface area contributed by atoms with Gasteiger partial charge in [-0.25, -0.2) is 9.38 Å². The van der Waals surface area contributed by atoms with Crippen molar-refractivity contribution in [2.45, 2.75) is 12.8 Å². The first-order valence-electron chi connectivity index (χ1n) is 8.29. The number of alkyl halides is 3. The van der Waals surface area contributed by atoms with E-state index in [4.69, 9.17) is 0 Å². The van der Waals surface area contributed by atoms with Crippen LogP contribution in [0.5, 0.6) is 5.75 Å². The number of benzene rings is 2. The summed E-state index contributed by atoms with van der Waals surface area (Å²) in [4.78, 5) is 17.2. The fourth-order valence-corrected chi connectivity index (χ4v) is 3.35. The molecule has 152 valence electrons. The third-order valence-corrected chi connectivity index (χ3v) is 4.73. The standard InChI is InChI=1S/C19H15F4N3O2S/c1-26-15(11-29-18(26)25-14-4-2-3-12(20)9-14)10-17(27)24-13-5-7-16(8-6-13)28-19(21,22)23/h2-9,11H,10H2,1H3,(H,24,27). The van der Waals surface area contributed by atoms with Crippen molar-refractivity contribution in [2.24, 2.45) is 12.0 Å². The number of aromatic nitrogens is 1. The molecule has 5 nitrogen and oxygen atoms in total. The van der Waals surface area contributed by atoms with E-state index in [1.165, 1.54) is 35.6 Å². The van der Waals surface area contributed by atoms with Crippen LogP contribution in [-0.2, 0) is 18.3 Å². The number of thiazole rings is 1. The predicted octanol–water partition coefficient (Wildman–Crippen LogP) is 4.54. The number of amides is 1. The average molecular weight is 425 g/mol. The first-order chi connectivity index (χ1) is 13.7. The lowest BCUT2D eigenvalue weighted by atomic mass is 10.2. The zero-order valence-electron chi connectivity index (χ0n) is 15.0. The highest BCUT2D eigenvalue weighted by atomic mass is 32.1. The molecule has 1 amide bonds. The summed E-state index contributed by atoms with van der Waals surface area (Å²) >= 11 is 1.30. The molecule has 0 unspecified atom stereocenters. The van der Waals surface area contributed by atoms with Crippen LogP contribution in [-0.4, -0.2) is 16.8 Å². The number of hydrogen-bond acceptors (Lipinski definition) is 4. The van der Waals surface area contributed by atoms with Gasteiger partial charge >= 0.3 is 6.36 Å². The number of carbonyl (C=O) groups is 1. The van der Waals surface area contributed by atoms with Crippen molar-refractivity contribution in [1.29, 1.82) is 0 Å². The molecule has 1 N–H and O–H groups in total. The van der Waals surface area contributed by atoms with Gasteiger partial charge in [-0.15, -0.1) is 24.5 Å². The highest BCUT2D eigenvalue weighted by Crippen LogP contribution is 2.24. The summed E-state index contributed by atoms with van der Waals surface area (Å²) in [5.74, 6) is -1.11. The molecule has 0 atom stereocenters. The van der Waals surface area contributed by atoms with Crippen LogP contribution in [0.15, 0.2) is 58.9 Å². The number of nitrogens with zero attached hydrogens (tertiary/aromatic N) is 2. The molecular formula is C19H15F4N3O2S. The average Bonchev–Trinajstić information content (AvgIpc) is 2.95. The fraction of sp³-hybridized carbons (Fsp3) is 0.158. The van der Waals surface area contributed by atoms with Crippen molar-refractivity contribution in [1.82, 2.24) is 4.57 Å².